The Morgan fingerprint density at radius 1 is 1.00 bits per heavy atom. The Morgan fingerprint density at radius 2 is 1.88 bits per heavy atom. The van der Waals surface area contributed by atoms with E-state index in [-0.39, 0.29) is 0 Å². The van der Waals surface area contributed by atoms with Crippen molar-refractivity contribution in [1.82, 2.24) is 15.0 Å². The molecular formula is C24H28N6O2. The second kappa shape index (κ2) is 10.8. The van der Waals surface area contributed by atoms with Crippen LogP contribution in [0.25, 0.3) is 0 Å². The molecule has 1 aliphatic heterocycles. The van der Waals surface area contributed by atoms with Crippen molar-refractivity contribution in [2.75, 3.05) is 37.8 Å². The number of anilines is 1. The number of benzene rings is 1. The van der Waals surface area contributed by atoms with Crippen molar-refractivity contribution in [2.24, 2.45) is 10.2 Å². The molecule has 2 aromatic heterocycles. The average Bonchev–Trinajstić information content (AvgIpc) is 2.83. The largest absolute Gasteiger partial charge is 0.463 e. The van der Waals surface area contributed by atoms with Gasteiger partial charge in [0.15, 0.2) is 0 Å². The van der Waals surface area contributed by atoms with Gasteiger partial charge in [-0.05, 0) is 49.2 Å². The van der Waals surface area contributed by atoms with Crippen molar-refractivity contribution >= 4 is 11.5 Å². The third kappa shape index (κ3) is 6.07. The van der Waals surface area contributed by atoms with Crippen LogP contribution in [0.4, 0.5) is 11.5 Å². The molecule has 0 unspecified atom stereocenters. The number of morpholine rings is 1. The summed E-state index contributed by atoms with van der Waals surface area (Å²) in [5.41, 5.74) is 5.01. The zero-order valence-corrected chi connectivity index (χ0v) is 18.6. The molecule has 1 fully saturated rings. The van der Waals surface area contributed by atoms with Crippen molar-refractivity contribution in [3.63, 3.8) is 0 Å². The predicted molar refractivity (Wildman–Crippen MR) is 123 cm³/mol. The number of hydrogen-bond donors (Lipinski definition) is 0. The Hall–Kier alpha value is -3.39. The first kappa shape index (κ1) is 21.8. The normalized spacial score (nSPS) is 14.1. The minimum atomic E-state index is 0.348. The van der Waals surface area contributed by atoms with Crippen LogP contribution in [0.2, 0.25) is 0 Å². The summed E-state index contributed by atoms with van der Waals surface area (Å²) in [5, 5.41) is 8.72. The minimum Gasteiger partial charge on any atom is -0.463 e. The standard InChI is InChI=1S/C24H28N6O2/c1-18-6-7-21(15-19(18)2)29-26-17-22-16-23(30-10-13-31-14-11-30)28-24(27-22)32-12-8-20-5-3-4-9-25-20/h3-7,9,15-16H,8,10-14,17H2,1-2H3. The predicted octanol–water partition coefficient (Wildman–Crippen LogP) is 4.23. The zero-order chi connectivity index (χ0) is 22.2. The molecule has 0 amide bonds. The summed E-state index contributed by atoms with van der Waals surface area (Å²) in [6.45, 7) is 7.89. The van der Waals surface area contributed by atoms with Gasteiger partial charge in [-0.1, -0.05) is 12.1 Å². The Morgan fingerprint density at radius 3 is 2.66 bits per heavy atom. The second-order valence-electron chi connectivity index (χ2n) is 7.69. The van der Waals surface area contributed by atoms with Crippen LogP contribution in [0.3, 0.4) is 0 Å². The van der Waals surface area contributed by atoms with E-state index in [1.54, 1.807) is 6.20 Å². The van der Waals surface area contributed by atoms with Crippen molar-refractivity contribution < 1.29 is 9.47 Å². The van der Waals surface area contributed by atoms with Gasteiger partial charge < -0.3 is 14.4 Å². The third-order valence-electron chi connectivity index (χ3n) is 5.31. The summed E-state index contributed by atoms with van der Waals surface area (Å²) in [5.74, 6) is 0.826. The lowest BCUT2D eigenvalue weighted by molar-refractivity contribution is 0.122. The topological polar surface area (TPSA) is 85.1 Å². The summed E-state index contributed by atoms with van der Waals surface area (Å²) >= 11 is 0. The van der Waals surface area contributed by atoms with Crippen LogP contribution < -0.4 is 9.64 Å². The van der Waals surface area contributed by atoms with Crippen LogP contribution in [0, 0.1) is 13.8 Å². The first-order valence-corrected chi connectivity index (χ1v) is 10.9. The summed E-state index contributed by atoms with van der Waals surface area (Å²) in [4.78, 5) is 15.7. The fraction of sp³-hybridized carbons (Fsp3) is 0.375. The molecule has 0 saturated carbocycles. The maximum Gasteiger partial charge on any atom is 0.318 e. The van der Waals surface area contributed by atoms with Crippen LogP contribution in [-0.2, 0) is 17.7 Å². The van der Waals surface area contributed by atoms with Gasteiger partial charge in [-0.2, -0.15) is 20.2 Å². The highest BCUT2D eigenvalue weighted by molar-refractivity contribution is 5.43. The van der Waals surface area contributed by atoms with E-state index >= 15 is 0 Å². The van der Waals surface area contributed by atoms with Gasteiger partial charge in [-0.3, -0.25) is 4.98 Å². The quantitative estimate of drug-likeness (QED) is 0.495. The summed E-state index contributed by atoms with van der Waals surface area (Å²) in [7, 11) is 0. The number of azo groups is 1. The summed E-state index contributed by atoms with van der Waals surface area (Å²) in [6.07, 6.45) is 2.47. The lowest BCUT2D eigenvalue weighted by Crippen LogP contribution is -2.37. The highest BCUT2D eigenvalue weighted by atomic mass is 16.5. The van der Waals surface area contributed by atoms with Crippen LogP contribution in [0.1, 0.15) is 22.5 Å². The molecule has 3 aromatic rings. The molecule has 0 aliphatic carbocycles. The van der Waals surface area contributed by atoms with Gasteiger partial charge in [-0.25, -0.2) is 0 Å². The van der Waals surface area contributed by atoms with E-state index in [9.17, 15) is 0 Å². The molecule has 166 valence electrons. The van der Waals surface area contributed by atoms with Crippen LogP contribution in [0.5, 0.6) is 6.01 Å². The molecule has 4 rings (SSSR count). The maximum atomic E-state index is 5.88. The summed E-state index contributed by atoms with van der Waals surface area (Å²) in [6, 6.07) is 14.2. The number of aromatic nitrogens is 3. The maximum absolute atomic E-state index is 5.88. The number of pyridine rings is 1. The first-order chi connectivity index (χ1) is 15.7. The molecule has 0 spiro atoms. The van der Waals surface area contributed by atoms with E-state index in [1.165, 1.54) is 11.1 Å². The number of aryl methyl sites for hydroxylation is 2. The average molecular weight is 433 g/mol. The fourth-order valence-electron chi connectivity index (χ4n) is 3.33. The SMILES string of the molecule is Cc1ccc(N=NCc2cc(N3CCOCC3)nc(OCCc3ccccn3)n2)cc1C. The van der Waals surface area contributed by atoms with E-state index in [0.717, 1.165) is 36.0 Å². The Labute approximate surface area is 188 Å². The number of hydrogen-bond acceptors (Lipinski definition) is 8. The molecule has 1 aliphatic rings. The first-order valence-electron chi connectivity index (χ1n) is 10.9. The minimum absolute atomic E-state index is 0.348. The second-order valence-corrected chi connectivity index (χ2v) is 7.69. The number of rotatable bonds is 8. The van der Waals surface area contributed by atoms with E-state index in [4.69, 9.17) is 9.47 Å². The van der Waals surface area contributed by atoms with Crippen LogP contribution in [0.15, 0.2) is 58.9 Å². The Balaban J connectivity index is 1.47. The van der Waals surface area contributed by atoms with E-state index in [2.05, 4.69) is 50.0 Å². The lowest BCUT2D eigenvalue weighted by atomic mass is 10.1. The molecule has 8 heteroatoms. The molecule has 1 saturated heterocycles. The van der Waals surface area contributed by atoms with Gasteiger partial charge >= 0.3 is 6.01 Å². The molecule has 1 aromatic carbocycles. The summed E-state index contributed by atoms with van der Waals surface area (Å²) < 4.78 is 11.4. The van der Waals surface area contributed by atoms with Gasteiger partial charge in [0.1, 0.15) is 12.4 Å². The smallest absolute Gasteiger partial charge is 0.318 e. The molecule has 0 radical (unpaired) electrons. The van der Waals surface area contributed by atoms with E-state index in [0.29, 0.717) is 38.8 Å². The van der Waals surface area contributed by atoms with Gasteiger partial charge in [0.05, 0.1) is 31.2 Å². The van der Waals surface area contributed by atoms with Gasteiger partial charge in [0, 0.05) is 37.5 Å². The Kier molecular flexibility index (Phi) is 7.34. The van der Waals surface area contributed by atoms with Crippen LogP contribution >= 0.6 is 0 Å². The van der Waals surface area contributed by atoms with Gasteiger partial charge in [0.25, 0.3) is 0 Å². The third-order valence-corrected chi connectivity index (χ3v) is 5.31. The molecule has 0 N–H and O–H groups in total. The van der Waals surface area contributed by atoms with Crippen molar-refractivity contribution in [3.05, 3.63) is 71.2 Å². The van der Waals surface area contributed by atoms with Gasteiger partial charge in [0.2, 0.25) is 0 Å². The highest BCUT2D eigenvalue weighted by Crippen LogP contribution is 2.20. The molecule has 8 nitrogen and oxygen atoms in total. The van der Waals surface area contributed by atoms with Crippen LogP contribution in [-0.4, -0.2) is 47.9 Å². The molecular weight excluding hydrogens is 404 g/mol. The monoisotopic (exact) mass is 432 g/mol. The highest BCUT2D eigenvalue weighted by Gasteiger charge is 2.15. The lowest BCUT2D eigenvalue weighted by Gasteiger charge is -2.28. The molecule has 32 heavy (non-hydrogen) atoms. The molecule has 0 atom stereocenters. The fourth-order valence-corrected chi connectivity index (χ4v) is 3.33. The Bertz CT molecular complexity index is 1050. The number of nitrogens with zero attached hydrogens (tertiary/aromatic N) is 6. The van der Waals surface area contributed by atoms with E-state index in [1.807, 2.05) is 36.4 Å². The van der Waals surface area contributed by atoms with Gasteiger partial charge in [-0.15, -0.1) is 0 Å². The zero-order valence-electron chi connectivity index (χ0n) is 18.6. The van der Waals surface area contributed by atoms with Crippen molar-refractivity contribution in [1.29, 1.82) is 0 Å². The molecule has 0 bridgehead atoms. The van der Waals surface area contributed by atoms with Crippen molar-refractivity contribution in [3.8, 4) is 6.01 Å². The van der Waals surface area contributed by atoms with E-state index < -0.39 is 0 Å². The molecule has 3 heterocycles. The number of ether oxygens (including phenoxy) is 2. The van der Waals surface area contributed by atoms with Crippen molar-refractivity contribution in [2.45, 2.75) is 26.8 Å².